The standard InChI is InChI=1S/C17H20N2O2/c1-2-13-7-6-10-15(11-13)19-16(20)12-18-17(21)14-8-4-3-5-9-14/h1,6-7,10-11,14H,3-5,8-9,12H2,(H,18,21)(H,19,20). The molecule has 21 heavy (non-hydrogen) atoms. The average molecular weight is 284 g/mol. The van der Waals surface area contributed by atoms with Gasteiger partial charge in [0.2, 0.25) is 11.8 Å². The van der Waals surface area contributed by atoms with Gasteiger partial charge in [0.25, 0.3) is 0 Å². The molecule has 0 bridgehead atoms. The van der Waals surface area contributed by atoms with E-state index < -0.39 is 0 Å². The maximum atomic E-state index is 11.9. The van der Waals surface area contributed by atoms with Crippen LogP contribution in [0.5, 0.6) is 0 Å². The number of carbonyl (C=O) groups is 2. The molecule has 1 aromatic carbocycles. The lowest BCUT2D eigenvalue weighted by molar-refractivity contribution is -0.128. The Labute approximate surface area is 125 Å². The van der Waals surface area contributed by atoms with Crippen molar-refractivity contribution in [3.63, 3.8) is 0 Å². The van der Waals surface area contributed by atoms with E-state index in [0.717, 1.165) is 25.7 Å². The molecule has 4 heteroatoms. The van der Waals surface area contributed by atoms with Crippen LogP contribution in [0.2, 0.25) is 0 Å². The van der Waals surface area contributed by atoms with Gasteiger partial charge in [0, 0.05) is 17.2 Å². The lowest BCUT2D eigenvalue weighted by atomic mass is 9.89. The van der Waals surface area contributed by atoms with Gasteiger partial charge in [0.15, 0.2) is 0 Å². The first kappa shape index (κ1) is 15.1. The molecule has 0 aromatic heterocycles. The van der Waals surface area contributed by atoms with Crippen molar-refractivity contribution in [1.29, 1.82) is 0 Å². The van der Waals surface area contributed by atoms with Crippen molar-refractivity contribution in [2.45, 2.75) is 32.1 Å². The van der Waals surface area contributed by atoms with Crippen LogP contribution in [0.4, 0.5) is 5.69 Å². The number of terminal acetylenes is 1. The minimum Gasteiger partial charge on any atom is -0.347 e. The minimum absolute atomic E-state index is 0.00435. The SMILES string of the molecule is C#Cc1cccc(NC(=O)CNC(=O)C2CCCCC2)c1. The molecule has 1 aliphatic carbocycles. The summed E-state index contributed by atoms with van der Waals surface area (Å²) in [6.45, 7) is -0.00435. The van der Waals surface area contributed by atoms with Crippen molar-refractivity contribution in [3.05, 3.63) is 29.8 Å². The van der Waals surface area contributed by atoms with Gasteiger partial charge in [-0.25, -0.2) is 0 Å². The highest BCUT2D eigenvalue weighted by molar-refractivity contribution is 5.94. The molecule has 2 N–H and O–H groups in total. The first-order valence-corrected chi connectivity index (χ1v) is 7.33. The molecule has 0 spiro atoms. The Morgan fingerprint density at radius 2 is 2.00 bits per heavy atom. The van der Waals surface area contributed by atoms with Crippen LogP contribution < -0.4 is 10.6 Å². The van der Waals surface area contributed by atoms with Gasteiger partial charge in [-0.05, 0) is 31.0 Å². The molecule has 0 saturated heterocycles. The normalized spacial score (nSPS) is 15.0. The van der Waals surface area contributed by atoms with Gasteiger partial charge in [-0.3, -0.25) is 9.59 Å². The second-order valence-electron chi connectivity index (χ2n) is 5.33. The predicted octanol–water partition coefficient (Wildman–Crippen LogP) is 2.30. The number of carbonyl (C=O) groups excluding carboxylic acids is 2. The summed E-state index contributed by atoms with van der Waals surface area (Å²) in [6.07, 6.45) is 10.6. The van der Waals surface area contributed by atoms with E-state index in [1.165, 1.54) is 6.42 Å². The van der Waals surface area contributed by atoms with Crippen LogP contribution in [0.25, 0.3) is 0 Å². The van der Waals surface area contributed by atoms with Crippen molar-refractivity contribution < 1.29 is 9.59 Å². The molecule has 2 amide bonds. The zero-order chi connectivity index (χ0) is 15.1. The molecule has 0 aliphatic heterocycles. The third-order valence-corrected chi connectivity index (χ3v) is 3.71. The van der Waals surface area contributed by atoms with Crippen LogP contribution in [0, 0.1) is 18.3 Å². The van der Waals surface area contributed by atoms with E-state index >= 15 is 0 Å². The van der Waals surface area contributed by atoms with Crippen LogP contribution in [0.15, 0.2) is 24.3 Å². The van der Waals surface area contributed by atoms with Crippen LogP contribution in [0.1, 0.15) is 37.7 Å². The first-order valence-electron chi connectivity index (χ1n) is 7.33. The number of benzene rings is 1. The summed E-state index contributed by atoms with van der Waals surface area (Å²) in [5.74, 6) is 2.32. The Bertz CT molecular complexity index is 554. The molecule has 1 saturated carbocycles. The molecule has 0 atom stereocenters. The third-order valence-electron chi connectivity index (χ3n) is 3.71. The summed E-state index contributed by atoms with van der Waals surface area (Å²) in [5.41, 5.74) is 1.35. The Morgan fingerprint density at radius 1 is 1.24 bits per heavy atom. The fourth-order valence-corrected chi connectivity index (χ4v) is 2.57. The summed E-state index contributed by atoms with van der Waals surface area (Å²) >= 11 is 0. The predicted molar refractivity (Wildman–Crippen MR) is 82.6 cm³/mol. The van der Waals surface area contributed by atoms with Crippen molar-refractivity contribution in [3.8, 4) is 12.3 Å². The fourth-order valence-electron chi connectivity index (χ4n) is 2.57. The summed E-state index contributed by atoms with van der Waals surface area (Å²) in [7, 11) is 0. The van der Waals surface area contributed by atoms with E-state index in [2.05, 4.69) is 16.6 Å². The van der Waals surface area contributed by atoms with E-state index in [1.54, 1.807) is 24.3 Å². The Morgan fingerprint density at radius 3 is 2.71 bits per heavy atom. The lowest BCUT2D eigenvalue weighted by Crippen LogP contribution is -2.37. The number of hydrogen-bond acceptors (Lipinski definition) is 2. The van der Waals surface area contributed by atoms with Crippen LogP contribution in [-0.2, 0) is 9.59 Å². The van der Waals surface area contributed by atoms with Crippen LogP contribution in [0.3, 0.4) is 0 Å². The number of anilines is 1. The monoisotopic (exact) mass is 284 g/mol. The zero-order valence-corrected chi connectivity index (χ0v) is 12.0. The smallest absolute Gasteiger partial charge is 0.243 e. The quantitative estimate of drug-likeness (QED) is 0.834. The summed E-state index contributed by atoms with van der Waals surface area (Å²) in [5, 5.41) is 5.44. The number of rotatable bonds is 4. The third kappa shape index (κ3) is 4.64. The van der Waals surface area contributed by atoms with Crippen molar-refractivity contribution >= 4 is 17.5 Å². The van der Waals surface area contributed by atoms with E-state index in [0.29, 0.717) is 11.3 Å². The van der Waals surface area contributed by atoms with Crippen molar-refractivity contribution in [1.82, 2.24) is 5.32 Å². The molecule has 4 nitrogen and oxygen atoms in total. The fraction of sp³-hybridized carbons (Fsp3) is 0.412. The number of amides is 2. The molecular formula is C17H20N2O2. The van der Waals surface area contributed by atoms with Gasteiger partial charge in [-0.2, -0.15) is 0 Å². The highest BCUT2D eigenvalue weighted by Crippen LogP contribution is 2.23. The summed E-state index contributed by atoms with van der Waals surface area (Å²) < 4.78 is 0. The van der Waals surface area contributed by atoms with E-state index in [9.17, 15) is 9.59 Å². The van der Waals surface area contributed by atoms with Crippen LogP contribution >= 0.6 is 0 Å². The molecule has 1 aromatic rings. The molecule has 1 aliphatic rings. The lowest BCUT2D eigenvalue weighted by Gasteiger charge is -2.20. The first-order chi connectivity index (χ1) is 10.2. The molecule has 1 fully saturated rings. The summed E-state index contributed by atoms with van der Waals surface area (Å²) in [4.78, 5) is 23.8. The second-order valence-corrected chi connectivity index (χ2v) is 5.33. The van der Waals surface area contributed by atoms with E-state index in [4.69, 9.17) is 6.42 Å². The molecule has 0 heterocycles. The minimum atomic E-state index is -0.242. The topological polar surface area (TPSA) is 58.2 Å². The van der Waals surface area contributed by atoms with Gasteiger partial charge in [0.05, 0.1) is 6.54 Å². The highest BCUT2D eigenvalue weighted by Gasteiger charge is 2.21. The van der Waals surface area contributed by atoms with Gasteiger partial charge >= 0.3 is 0 Å². The summed E-state index contributed by atoms with van der Waals surface area (Å²) in [6, 6.07) is 7.06. The molecular weight excluding hydrogens is 264 g/mol. The van der Waals surface area contributed by atoms with Gasteiger partial charge in [0.1, 0.15) is 0 Å². The Kier molecular flexibility index (Phi) is 5.39. The molecule has 0 radical (unpaired) electrons. The zero-order valence-electron chi connectivity index (χ0n) is 12.0. The van der Waals surface area contributed by atoms with Gasteiger partial charge < -0.3 is 10.6 Å². The number of nitrogens with one attached hydrogen (secondary N) is 2. The number of hydrogen-bond donors (Lipinski definition) is 2. The van der Waals surface area contributed by atoms with Gasteiger partial charge in [-0.15, -0.1) is 6.42 Å². The highest BCUT2D eigenvalue weighted by atomic mass is 16.2. The average Bonchev–Trinajstić information content (AvgIpc) is 2.53. The Hall–Kier alpha value is -2.28. The van der Waals surface area contributed by atoms with E-state index in [-0.39, 0.29) is 24.3 Å². The molecule has 110 valence electrons. The maximum absolute atomic E-state index is 11.9. The van der Waals surface area contributed by atoms with E-state index in [1.807, 2.05) is 0 Å². The van der Waals surface area contributed by atoms with Crippen molar-refractivity contribution in [2.24, 2.45) is 5.92 Å². The largest absolute Gasteiger partial charge is 0.347 e. The van der Waals surface area contributed by atoms with Crippen molar-refractivity contribution in [2.75, 3.05) is 11.9 Å². The molecule has 0 unspecified atom stereocenters. The van der Waals surface area contributed by atoms with Gasteiger partial charge in [-0.1, -0.05) is 31.2 Å². The van der Waals surface area contributed by atoms with Crippen LogP contribution in [-0.4, -0.2) is 18.4 Å². The Balaban J connectivity index is 1.79. The molecule has 2 rings (SSSR count). The maximum Gasteiger partial charge on any atom is 0.243 e. The second kappa shape index (κ2) is 7.49.